The van der Waals surface area contributed by atoms with E-state index in [2.05, 4.69) is 0 Å². The second-order valence-corrected chi connectivity index (χ2v) is 10.2. The van der Waals surface area contributed by atoms with Crippen molar-refractivity contribution in [2.45, 2.75) is 25.0 Å². The van der Waals surface area contributed by atoms with Gasteiger partial charge < -0.3 is 39.0 Å². The molecule has 0 saturated carbocycles. The minimum Gasteiger partial charge on any atom is -0.508 e. The summed E-state index contributed by atoms with van der Waals surface area (Å²) in [7, 11) is 4.35. The second-order valence-electron chi connectivity index (χ2n) is 10.2. The highest BCUT2D eigenvalue weighted by atomic mass is 16.5. The molecular formula is C33H28O10. The summed E-state index contributed by atoms with van der Waals surface area (Å²) in [5, 5.41) is 31.6. The molecule has 0 saturated heterocycles. The second kappa shape index (κ2) is 10.8. The van der Waals surface area contributed by atoms with Gasteiger partial charge in [-0.1, -0.05) is 18.2 Å². The predicted octanol–water partition coefficient (Wildman–Crippen LogP) is 5.91. The predicted molar refractivity (Wildman–Crippen MR) is 154 cm³/mol. The van der Waals surface area contributed by atoms with Crippen molar-refractivity contribution >= 4 is 11.6 Å². The van der Waals surface area contributed by atoms with Crippen molar-refractivity contribution in [2.24, 2.45) is 0 Å². The maximum absolute atomic E-state index is 13.4. The molecule has 0 unspecified atom stereocenters. The van der Waals surface area contributed by atoms with Crippen LogP contribution in [0, 0.1) is 0 Å². The molecule has 0 aromatic heterocycles. The van der Waals surface area contributed by atoms with Gasteiger partial charge in [0, 0.05) is 23.8 Å². The summed E-state index contributed by atoms with van der Waals surface area (Å²) in [6.45, 7) is 0. The van der Waals surface area contributed by atoms with Crippen LogP contribution in [-0.2, 0) is 0 Å². The van der Waals surface area contributed by atoms with Crippen LogP contribution < -0.4 is 23.7 Å². The third kappa shape index (κ3) is 4.80. The Kier molecular flexibility index (Phi) is 6.97. The van der Waals surface area contributed by atoms with Gasteiger partial charge >= 0.3 is 0 Å². The zero-order valence-electron chi connectivity index (χ0n) is 23.5. The molecule has 3 N–H and O–H groups in total. The topological polar surface area (TPSA) is 141 Å². The minimum absolute atomic E-state index is 0.0128. The molecule has 0 fully saturated rings. The van der Waals surface area contributed by atoms with Gasteiger partial charge in [0.05, 0.1) is 39.7 Å². The zero-order valence-corrected chi connectivity index (χ0v) is 23.5. The lowest BCUT2D eigenvalue weighted by atomic mass is 9.89. The average molecular weight is 585 g/mol. The van der Waals surface area contributed by atoms with E-state index in [0.717, 1.165) is 0 Å². The summed E-state index contributed by atoms with van der Waals surface area (Å²) in [5.74, 6) is 0.198. The highest BCUT2D eigenvalue weighted by Gasteiger charge is 2.35. The Hall–Kier alpha value is -5.38. The monoisotopic (exact) mass is 584 g/mol. The number of ketones is 2. The molecule has 2 aliphatic heterocycles. The molecule has 220 valence electrons. The Morgan fingerprint density at radius 2 is 1.26 bits per heavy atom. The first-order valence-electron chi connectivity index (χ1n) is 13.4. The zero-order chi connectivity index (χ0) is 30.4. The number of carbonyl (C=O) groups excluding carboxylic acids is 2. The normalized spacial score (nSPS) is 17.3. The van der Waals surface area contributed by atoms with Crippen LogP contribution in [0.5, 0.6) is 46.0 Å². The quantitative estimate of drug-likeness (QED) is 0.250. The van der Waals surface area contributed by atoms with Crippen molar-refractivity contribution in [3.63, 3.8) is 0 Å². The Labute approximate surface area is 246 Å². The lowest BCUT2D eigenvalue weighted by Crippen LogP contribution is -2.21. The summed E-state index contributed by atoms with van der Waals surface area (Å²) >= 11 is 0. The van der Waals surface area contributed by atoms with Crippen molar-refractivity contribution in [2.75, 3.05) is 21.3 Å². The summed E-state index contributed by atoms with van der Waals surface area (Å²) in [6.07, 6.45) is -1.41. The molecule has 10 heteroatoms. The van der Waals surface area contributed by atoms with Crippen LogP contribution in [-0.4, -0.2) is 48.2 Å². The van der Waals surface area contributed by atoms with Crippen LogP contribution in [0.4, 0.5) is 0 Å². The SMILES string of the molecule is COc1cc(O)c2c(c1)O[C@H](c1ccc(OC)c(-c3c(OC)cc4c(c3O)C(=O)C[C@@H](c3ccc(O)cc3)O4)c1)CC2=O. The van der Waals surface area contributed by atoms with E-state index >= 15 is 0 Å². The van der Waals surface area contributed by atoms with Gasteiger partial charge in [-0.3, -0.25) is 9.59 Å². The summed E-state index contributed by atoms with van der Waals surface area (Å²) in [6, 6.07) is 15.9. The van der Waals surface area contributed by atoms with E-state index in [-0.39, 0.29) is 75.6 Å². The first-order valence-corrected chi connectivity index (χ1v) is 13.4. The van der Waals surface area contributed by atoms with E-state index in [1.165, 1.54) is 39.5 Å². The van der Waals surface area contributed by atoms with Crippen LogP contribution in [0.1, 0.15) is 56.9 Å². The number of phenolic OH excluding ortho intramolecular Hbond substituents is 3. The number of carbonyl (C=O) groups is 2. The third-order valence-corrected chi connectivity index (χ3v) is 7.71. The van der Waals surface area contributed by atoms with Gasteiger partial charge in [0.1, 0.15) is 69.3 Å². The maximum Gasteiger partial charge on any atom is 0.174 e. The fourth-order valence-corrected chi connectivity index (χ4v) is 5.59. The molecule has 43 heavy (non-hydrogen) atoms. The number of Topliss-reactive ketones (excluding diaryl/α,β-unsaturated/α-hetero) is 2. The standard InChI is InChI=1S/C33H28O10/c1-39-19-11-21(35)31-22(36)13-26(43-28(31)12-19)17-6-9-24(40-2)20(10-17)30-27(41-3)15-29-32(33(30)38)23(37)14-25(42-29)16-4-7-18(34)8-5-16/h4-12,15,25-26,34-35,38H,13-14H2,1-3H3/t25-,26-/m0/s1. The fourth-order valence-electron chi connectivity index (χ4n) is 5.59. The number of rotatable bonds is 6. The van der Waals surface area contributed by atoms with Gasteiger partial charge in [-0.15, -0.1) is 0 Å². The number of methoxy groups -OCH3 is 3. The largest absolute Gasteiger partial charge is 0.508 e. The molecule has 0 spiro atoms. The van der Waals surface area contributed by atoms with Crippen molar-refractivity contribution in [1.82, 2.24) is 0 Å². The smallest absolute Gasteiger partial charge is 0.174 e. The molecule has 10 nitrogen and oxygen atoms in total. The highest BCUT2D eigenvalue weighted by molar-refractivity contribution is 6.06. The molecule has 0 radical (unpaired) electrons. The van der Waals surface area contributed by atoms with Crippen LogP contribution >= 0.6 is 0 Å². The van der Waals surface area contributed by atoms with E-state index in [0.29, 0.717) is 28.2 Å². The van der Waals surface area contributed by atoms with E-state index in [9.17, 15) is 24.9 Å². The molecule has 0 amide bonds. The number of hydrogen-bond acceptors (Lipinski definition) is 10. The van der Waals surface area contributed by atoms with Crippen molar-refractivity contribution in [1.29, 1.82) is 0 Å². The van der Waals surface area contributed by atoms with Crippen molar-refractivity contribution in [3.05, 3.63) is 82.9 Å². The van der Waals surface area contributed by atoms with E-state index in [1.807, 2.05) is 0 Å². The molecule has 0 aliphatic carbocycles. The van der Waals surface area contributed by atoms with Crippen LogP contribution in [0.3, 0.4) is 0 Å². The summed E-state index contributed by atoms with van der Waals surface area (Å²) < 4.78 is 28.8. The molecule has 0 bridgehead atoms. The first-order chi connectivity index (χ1) is 20.7. The van der Waals surface area contributed by atoms with Crippen LogP contribution in [0.25, 0.3) is 11.1 Å². The third-order valence-electron chi connectivity index (χ3n) is 7.71. The van der Waals surface area contributed by atoms with Gasteiger partial charge in [-0.25, -0.2) is 0 Å². The number of hydrogen-bond donors (Lipinski definition) is 3. The molecule has 2 aliphatic rings. The Bertz CT molecular complexity index is 1760. The fraction of sp³-hybridized carbons (Fsp3) is 0.212. The molecule has 2 atom stereocenters. The van der Waals surface area contributed by atoms with Gasteiger partial charge in [0.2, 0.25) is 0 Å². The van der Waals surface area contributed by atoms with E-state index < -0.39 is 12.2 Å². The van der Waals surface area contributed by atoms with E-state index in [4.69, 9.17) is 23.7 Å². The van der Waals surface area contributed by atoms with Crippen LogP contribution in [0.15, 0.2) is 60.7 Å². The number of phenols is 3. The first kappa shape index (κ1) is 27.8. The number of ether oxygens (including phenoxy) is 5. The van der Waals surface area contributed by atoms with Gasteiger partial charge in [0.15, 0.2) is 11.6 Å². The summed E-state index contributed by atoms with van der Waals surface area (Å²) in [5.41, 5.74) is 2.00. The highest BCUT2D eigenvalue weighted by Crippen LogP contribution is 2.52. The number of benzene rings is 4. The lowest BCUT2D eigenvalue weighted by Gasteiger charge is -2.29. The van der Waals surface area contributed by atoms with Gasteiger partial charge in [-0.05, 0) is 35.4 Å². The molecule has 2 heterocycles. The number of fused-ring (bicyclic) bond motifs is 2. The Balaban J connectivity index is 1.42. The molecule has 4 aromatic carbocycles. The van der Waals surface area contributed by atoms with Gasteiger partial charge in [0.25, 0.3) is 0 Å². The maximum atomic E-state index is 13.4. The minimum atomic E-state index is -0.724. The van der Waals surface area contributed by atoms with Gasteiger partial charge in [-0.2, -0.15) is 0 Å². The number of aromatic hydroxyl groups is 3. The molecule has 6 rings (SSSR count). The Morgan fingerprint density at radius 3 is 1.91 bits per heavy atom. The average Bonchev–Trinajstić information content (AvgIpc) is 3.00. The van der Waals surface area contributed by atoms with E-state index in [1.54, 1.807) is 42.5 Å². The van der Waals surface area contributed by atoms with Crippen molar-refractivity contribution in [3.8, 4) is 57.1 Å². The van der Waals surface area contributed by atoms with Crippen LogP contribution in [0.2, 0.25) is 0 Å². The Morgan fingerprint density at radius 1 is 0.651 bits per heavy atom. The van der Waals surface area contributed by atoms with Crippen molar-refractivity contribution < 1.29 is 48.6 Å². The lowest BCUT2D eigenvalue weighted by molar-refractivity contribution is 0.0834. The molecular weight excluding hydrogens is 556 g/mol. The summed E-state index contributed by atoms with van der Waals surface area (Å²) in [4.78, 5) is 26.4. The molecule has 4 aromatic rings.